The number of nitrogens with zero attached hydrogens (tertiary/aromatic N) is 3. The number of aromatic hydroxyl groups is 1. The quantitative estimate of drug-likeness (QED) is 0.589. The molecule has 6 nitrogen and oxygen atoms in total. The molecule has 7 heteroatoms. The van der Waals surface area contributed by atoms with Gasteiger partial charge in [0.15, 0.2) is 0 Å². The summed E-state index contributed by atoms with van der Waals surface area (Å²) in [6, 6.07) is 12.3. The van der Waals surface area contributed by atoms with Crippen LogP contribution in [-0.2, 0) is 6.54 Å². The van der Waals surface area contributed by atoms with Crippen molar-refractivity contribution in [2.75, 3.05) is 13.1 Å². The van der Waals surface area contributed by atoms with Crippen molar-refractivity contribution in [1.82, 2.24) is 9.63 Å². The van der Waals surface area contributed by atoms with E-state index in [1.807, 2.05) is 12.1 Å². The number of piperidine rings is 1. The van der Waals surface area contributed by atoms with Crippen molar-refractivity contribution in [3.05, 3.63) is 64.6 Å². The molecule has 0 unspecified atom stereocenters. The second kappa shape index (κ2) is 7.83. The lowest BCUT2D eigenvalue weighted by Gasteiger charge is -2.29. The summed E-state index contributed by atoms with van der Waals surface area (Å²) in [5.41, 5.74) is 2.09. The number of aliphatic hydroxyl groups is 1. The molecule has 1 fully saturated rings. The molecular weight excluding hydrogens is 378 g/mol. The summed E-state index contributed by atoms with van der Waals surface area (Å²) >= 11 is 6.04. The Bertz CT molecular complexity index is 1070. The molecule has 28 heavy (non-hydrogen) atoms. The maximum Gasteiger partial charge on any atom is 0.120 e. The number of hydrogen-bond acceptors (Lipinski definition) is 5. The van der Waals surface area contributed by atoms with Crippen LogP contribution in [0.5, 0.6) is 5.75 Å². The Labute approximate surface area is 167 Å². The molecule has 0 bridgehead atoms. The Hall–Kier alpha value is -2.54. The van der Waals surface area contributed by atoms with E-state index in [9.17, 15) is 15.4 Å². The fraction of sp³-hybridized carbons (Fsp3) is 0.286. The third-order valence-electron chi connectivity index (χ3n) is 5.12. The molecule has 1 aromatic heterocycles. The third kappa shape index (κ3) is 3.99. The van der Waals surface area contributed by atoms with Gasteiger partial charge in [-0.25, -0.2) is 4.99 Å². The first kappa shape index (κ1) is 18.8. The van der Waals surface area contributed by atoms with Crippen molar-refractivity contribution in [1.29, 1.82) is 0 Å². The molecule has 0 amide bonds. The predicted molar refractivity (Wildman–Crippen MR) is 108 cm³/mol. The van der Waals surface area contributed by atoms with Crippen LogP contribution in [0.4, 0.5) is 5.69 Å². The number of phenolic OH excluding ortho intramolecular Hbond substituents is 1. The molecule has 1 aliphatic rings. The highest BCUT2D eigenvalue weighted by atomic mass is 35.5. The molecule has 1 saturated heterocycles. The van der Waals surface area contributed by atoms with Gasteiger partial charge in [-0.2, -0.15) is 4.73 Å². The van der Waals surface area contributed by atoms with E-state index in [1.165, 1.54) is 6.20 Å². The van der Waals surface area contributed by atoms with E-state index in [-0.39, 0.29) is 11.9 Å². The Morgan fingerprint density at radius 3 is 2.64 bits per heavy atom. The van der Waals surface area contributed by atoms with Crippen LogP contribution in [0, 0.1) is 0 Å². The van der Waals surface area contributed by atoms with Crippen molar-refractivity contribution in [2.24, 2.45) is 4.99 Å². The van der Waals surface area contributed by atoms with E-state index >= 15 is 0 Å². The average molecular weight is 400 g/mol. The summed E-state index contributed by atoms with van der Waals surface area (Å²) in [6.07, 6.45) is 2.81. The van der Waals surface area contributed by atoms with Gasteiger partial charge in [0, 0.05) is 41.8 Å². The minimum Gasteiger partial charge on any atom is -0.508 e. The van der Waals surface area contributed by atoms with Gasteiger partial charge < -0.3 is 15.4 Å². The van der Waals surface area contributed by atoms with Gasteiger partial charge in [-0.15, -0.1) is 0 Å². The van der Waals surface area contributed by atoms with Crippen molar-refractivity contribution in [2.45, 2.75) is 25.5 Å². The molecule has 146 valence electrons. The van der Waals surface area contributed by atoms with Crippen LogP contribution in [0.3, 0.4) is 0 Å². The smallest absolute Gasteiger partial charge is 0.120 e. The van der Waals surface area contributed by atoms with Crippen molar-refractivity contribution in [3.8, 4) is 5.75 Å². The summed E-state index contributed by atoms with van der Waals surface area (Å²) in [4.78, 5) is 6.93. The summed E-state index contributed by atoms with van der Waals surface area (Å²) in [5, 5.41) is 32.0. The number of hydrogen-bond donors (Lipinski definition) is 3. The lowest BCUT2D eigenvalue weighted by Crippen LogP contribution is -2.35. The summed E-state index contributed by atoms with van der Waals surface area (Å²) < 4.78 is 1.02. The maximum absolute atomic E-state index is 10.3. The first-order chi connectivity index (χ1) is 13.5. The number of halogens is 1. The zero-order valence-corrected chi connectivity index (χ0v) is 16.0. The molecule has 3 aromatic rings. The molecule has 0 radical (unpaired) electrons. The predicted octanol–water partition coefficient (Wildman–Crippen LogP) is 3.43. The van der Waals surface area contributed by atoms with E-state index < -0.39 is 0 Å². The second-order valence-electron chi connectivity index (χ2n) is 7.14. The van der Waals surface area contributed by atoms with Crippen LogP contribution in [0.2, 0.25) is 5.02 Å². The number of rotatable bonds is 3. The largest absolute Gasteiger partial charge is 0.508 e. The highest BCUT2D eigenvalue weighted by Gasteiger charge is 2.18. The first-order valence-electron chi connectivity index (χ1n) is 9.27. The van der Waals surface area contributed by atoms with Crippen molar-refractivity contribution < 1.29 is 15.4 Å². The van der Waals surface area contributed by atoms with E-state index in [0.29, 0.717) is 22.4 Å². The van der Waals surface area contributed by atoms with Crippen molar-refractivity contribution in [3.63, 3.8) is 0 Å². The monoisotopic (exact) mass is 399 g/mol. The molecule has 4 rings (SSSR count). The lowest BCUT2D eigenvalue weighted by molar-refractivity contribution is 0.0789. The zero-order chi connectivity index (χ0) is 19.7. The highest BCUT2D eigenvalue weighted by molar-refractivity contribution is 6.31. The zero-order valence-electron chi connectivity index (χ0n) is 15.3. The number of likely N-dealkylation sites (tertiary alicyclic amines) is 1. The topological polar surface area (TPSA) is 81.2 Å². The van der Waals surface area contributed by atoms with Crippen LogP contribution < -0.4 is 5.36 Å². The number of aromatic nitrogens is 1. The molecule has 1 aliphatic heterocycles. The molecule has 0 saturated carbocycles. The molecule has 0 spiro atoms. The average Bonchev–Trinajstić information content (AvgIpc) is 2.68. The van der Waals surface area contributed by atoms with Crippen LogP contribution in [0.1, 0.15) is 18.4 Å². The molecule has 3 N–H and O–H groups in total. The number of pyridine rings is 1. The van der Waals surface area contributed by atoms with Crippen LogP contribution in [0.15, 0.2) is 53.7 Å². The van der Waals surface area contributed by atoms with Gasteiger partial charge >= 0.3 is 0 Å². The minimum atomic E-state index is -0.222. The number of phenols is 1. The van der Waals surface area contributed by atoms with E-state index in [2.05, 4.69) is 4.90 Å². The second-order valence-corrected chi connectivity index (χ2v) is 7.58. The Balaban J connectivity index is 1.69. The summed E-state index contributed by atoms with van der Waals surface area (Å²) in [5.74, 6) is 0.239. The summed E-state index contributed by atoms with van der Waals surface area (Å²) in [7, 11) is 0. The van der Waals surface area contributed by atoms with Crippen molar-refractivity contribution >= 4 is 28.2 Å². The van der Waals surface area contributed by atoms with E-state index in [4.69, 9.17) is 16.6 Å². The van der Waals surface area contributed by atoms with Gasteiger partial charge in [-0.1, -0.05) is 11.6 Å². The van der Waals surface area contributed by atoms with Gasteiger partial charge in [0.25, 0.3) is 0 Å². The number of fused-ring (bicyclic) bond motifs is 1. The third-order valence-corrected chi connectivity index (χ3v) is 5.35. The molecule has 0 aliphatic carbocycles. The van der Waals surface area contributed by atoms with Crippen LogP contribution in [-0.4, -0.2) is 44.2 Å². The SMILES string of the molecule is Oc1ccc(N=c2ccn(O)c3cc(Cl)ccc23)cc1CN1CCC(O)CC1. The van der Waals surface area contributed by atoms with E-state index in [0.717, 1.165) is 47.3 Å². The van der Waals surface area contributed by atoms with Gasteiger partial charge in [0.2, 0.25) is 0 Å². The lowest BCUT2D eigenvalue weighted by atomic mass is 10.1. The number of aliphatic hydroxyl groups excluding tert-OH is 1. The van der Waals surface area contributed by atoms with Crippen LogP contribution in [0.25, 0.3) is 10.9 Å². The van der Waals surface area contributed by atoms with Gasteiger partial charge in [0.1, 0.15) is 5.75 Å². The molecule has 2 heterocycles. The molecule has 2 aromatic carbocycles. The Morgan fingerprint density at radius 2 is 1.86 bits per heavy atom. The highest BCUT2D eigenvalue weighted by Crippen LogP contribution is 2.26. The standard InChI is InChI=1S/C21H22ClN3O3/c22-15-1-3-18-19(7-10-25(28)20(18)12-15)23-16-2-4-21(27)14(11-16)13-24-8-5-17(26)6-9-24/h1-4,7,10-12,17,26-28H,5-6,8-9,13H2. The Kier molecular flexibility index (Phi) is 5.26. The fourth-order valence-corrected chi connectivity index (χ4v) is 3.71. The Morgan fingerprint density at radius 1 is 1.07 bits per heavy atom. The van der Waals surface area contributed by atoms with Gasteiger partial charge in [0.05, 0.1) is 22.7 Å². The fourth-order valence-electron chi connectivity index (χ4n) is 3.55. The summed E-state index contributed by atoms with van der Waals surface area (Å²) in [6.45, 7) is 2.23. The van der Waals surface area contributed by atoms with Crippen LogP contribution >= 0.6 is 11.6 Å². The molecular formula is C21H22ClN3O3. The molecule has 0 atom stereocenters. The van der Waals surface area contributed by atoms with E-state index in [1.54, 1.807) is 30.3 Å². The van der Waals surface area contributed by atoms with Gasteiger partial charge in [-0.3, -0.25) is 4.90 Å². The maximum atomic E-state index is 10.3. The minimum absolute atomic E-state index is 0.222. The number of benzene rings is 2. The first-order valence-corrected chi connectivity index (χ1v) is 9.64. The normalized spacial score (nSPS) is 16.7. The van der Waals surface area contributed by atoms with Gasteiger partial charge in [-0.05, 0) is 55.3 Å².